The molecule has 10 nitrogen and oxygen atoms in total. The fraction of sp³-hybridized carbons (Fsp3) is 0.355. The molecule has 0 aliphatic rings. The van der Waals surface area contributed by atoms with Gasteiger partial charge in [-0.05, 0) is 72.7 Å². The Labute approximate surface area is 250 Å². The number of non-ortho nitro benzene ring substituents is 1. The first-order chi connectivity index (χ1) is 20.3. The summed E-state index contributed by atoms with van der Waals surface area (Å²) in [6.07, 6.45) is 4.15. The first-order valence-electron chi connectivity index (χ1n) is 13.6. The Hall–Kier alpha value is -4.22. The molecule has 0 atom stereocenters. The van der Waals surface area contributed by atoms with Crippen molar-refractivity contribution in [1.82, 2.24) is 9.80 Å². The second-order valence-corrected chi connectivity index (χ2v) is 10.4. The van der Waals surface area contributed by atoms with E-state index in [9.17, 15) is 19.7 Å². The van der Waals surface area contributed by atoms with Crippen LogP contribution in [0.2, 0.25) is 0 Å². The third-order valence-electron chi connectivity index (χ3n) is 6.48. The summed E-state index contributed by atoms with van der Waals surface area (Å²) in [6, 6.07) is 15.5. The normalized spacial score (nSPS) is 10.9. The van der Waals surface area contributed by atoms with Gasteiger partial charge in [-0.3, -0.25) is 19.7 Å². The van der Waals surface area contributed by atoms with Crippen LogP contribution in [0.5, 0.6) is 11.5 Å². The minimum Gasteiger partial charge on any atom is -0.493 e. The van der Waals surface area contributed by atoms with Gasteiger partial charge in [0.1, 0.15) is 6.54 Å². The van der Waals surface area contributed by atoms with Crippen LogP contribution in [0.25, 0.3) is 6.08 Å². The average molecular weight is 596 g/mol. The Kier molecular flexibility index (Phi) is 13.0. The SMILES string of the molecule is CCOCCCN(CC(=O)N(CCc1ccc(OC)c(OC)c1)Cc1cccs1)C(=O)C=Cc1ccc([N+](=O)[O-])cc1. The average Bonchev–Trinajstić information content (AvgIpc) is 3.52. The number of methoxy groups -OCH3 is 2. The lowest BCUT2D eigenvalue weighted by Crippen LogP contribution is -2.43. The summed E-state index contributed by atoms with van der Waals surface area (Å²) in [4.78, 5) is 41.7. The van der Waals surface area contributed by atoms with E-state index in [0.717, 1.165) is 10.4 Å². The van der Waals surface area contributed by atoms with Gasteiger partial charge in [0.2, 0.25) is 11.8 Å². The minimum absolute atomic E-state index is 0.0273. The molecular weight excluding hydrogens is 558 g/mol. The molecule has 2 aromatic carbocycles. The summed E-state index contributed by atoms with van der Waals surface area (Å²) in [5.41, 5.74) is 1.61. The molecule has 1 heterocycles. The molecule has 0 unspecified atom stereocenters. The second kappa shape index (κ2) is 16.9. The number of thiophene rings is 1. The van der Waals surface area contributed by atoms with Crippen molar-refractivity contribution in [2.45, 2.75) is 26.3 Å². The molecule has 0 N–H and O–H groups in total. The van der Waals surface area contributed by atoms with Gasteiger partial charge < -0.3 is 24.0 Å². The van der Waals surface area contributed by atoms with Gasteiger partial charge in [-0.15, -0.1) is 11.3 Å². The summed E-state index contributed by atoms with van der Waals surface area (Å²) in [6.45, 7) is 4.08. The van der Waals surface area contributed by atoms with Crippen molar-refractivity contribution in [3.63, 3.8) is 0 Å². The number of hydrogen-bond acceptors (Lipinski definition) is 8. The zero-order valence-corrected chi connectivity index (χ0v) is 25.0. The maximum Gasteiger partial charge on any atom is 0.269 e. The van der Waals surface area contributed by atoms with Gasteiger partial charge in [-0.2, -0.15) is 0 Å². The number of nitro groups is 1. The largest absolute Gasteiger partial charge is 0.493 e. The van der Waals surface area contributed by atoms with E-state index in [1.165, 1.54) is 23.1 Å². The van der Waals surface area contributed by atoms with Gasteiger partial charge in [0.25, 0.3) is 5.69 Å². The molecule has 11 heteroatoms. The summed E-state index contributed by atoms with van der Waals surface area (Å²) in [5.74, 6) is 0.763. The van der Waals surface area contributed by atoms with E-state index in [4.69, 9.17) is 14.2 Å². The van der Waals surface area contributed by atoms with Crippen LogP contribution in [0.4, 0.5) is 5.69 Å². The van der Waals surface area contributed by atoms with Crippen LogP contribution in [-0.2, 0) is 27.3 Å². The fourth-order valence-corrected chi connectivity index (χ4v) is 4.91. The van der Waals surface area contributed by atoms with Gasteiger partial charge in [0.05, 0.1) is 25.7 Å². The monoisotopic (exact) mass is 595 g/mol. The number of amides is 2. The molecule has 3 aromatic rings. The summed E-state index contributed by atoms with van der Waals surface area (Å²) in [7, 11) is 3.17. The molecule has 42 heavy (non-hydrogen) atoms. The molecule has 0 radical (unpaired) electrons. The van der Waals surface area contributed by atoms with E-state index in [2.05, 4.69) is 0 Å². The summed E-state index contributed by atoms with van der Waals surface area (Å²) < 4.78 is 16.2. The Morgan fingerprint density at radius 1 is 1.00 bits per heavy atom. The van der Waals surface area contributed by atoms with Gasteiger partial charge in [0, 0.05) is 49.4 Å². The summed E-state index contributed by atoms with van der Waals surface area (Å²) >= 11 is 1.57. The lowest BCUT2D eigenvalue weighted by atomic mass is 10.1. The van der Waals surface area contributed by atoms with E-state index >= 15 is 0 Å². The molecule has 224 valence electrons. The van der Waals surface area contributed by atoms with E-state index < -0.39 is 4.92 Å². The van der Waals surface area contributed by atoms with Crippen molar-refractivity contribution in [2.75, 3.05) is 47.1 Å². The highest BCUT2D eigenvalue weighted by Crippen LogP contribution is 2.28. The van der Waals surface area contributed by atoms with Crippen molar-refractivity contribution in [2.24, 2.45) is 0 Å². The highest BCUT2D eigenvalue weighted by atomic mass is 32.1. The third-order valence-corrected chi connectivity index (χ3v) is 7.34. The number of carbonyl (C=O) groups excluding carboxylic acids is 2. The zero-order valence-electron chi connectivity index (χ0n) is 24.2. The van der Waals surface area contributed by atoms with Crippen LogP contribution in [-0.4, -0.2) is 73.6 Å². The smallest absolute Gasteiger partial charge is 0.269 e. The van der Waals surface area contributed by atoms with Gasteiger partial charge in [-0.25, -0.2) is 0 Å². The Bertz CT molecular complexity index is 1330. The highest BCUT2D eigenvalue weighted by molar-refractivity contribution is 7.09. The molecule has 0 saturated heterocycles. The van der Waals surface area contributed by atoms with Crippen LogP contribution in [0.15, 0.2) is 66.1 Å². The van der Waals surface area contributed by atoms with Crippen molar-refractivity contribution < 1.29 is 28.7 Å². The third kappa shape index (κ3) is 10.0. The van der Waals surface area contributed by atoms with Crippen LogP contribution >= 0.6 is 11.3 Å². The lowest BCUT2D eigenvalue weighted by molar-refractivity contribution is -0.384. The first-order valence-corrected chi connectivity index (χ1v) is 14.5. The van der Waals surface area contributed by atoms with Crippen molar-refractivity contribution in [1.29, 1.82) is 0 Å². The van der Waals surface area contributed by atoms with E-state index in [1.807, 2.05) is 42.6 Å². The molecule has 0 spiro atoms. The second-order valence-electron chi connectivity index (χ2n) is 9.33. The number of nitro benzene ring substituents is 1. The number of carbonyl (C=O) groups is 2. The van der Waals surface area contributed by atoms with Crippen LogP contribution in [0.1, 0.15) is 29.3 Å². The maximum absolute atomic E-state index is 13.7. The molecule has 3 rings (SSSR count). The Morgan fingerprint density at radius 3 is 2.40 bits per heavy atom. The predicted octanol–water partition coefficient (Wildman–Crippen LogP) is 5.21. The maximum atomic E-state index is 13.7. The van der Waals surface area contributed by atoms with E-state index in [0.29, 0.717) is 62.8 Å². The van der Waals surface area contributed by atoms with Crippen LogP contribution in [0.3, 0.4) is 0 Å². The number of ether oxygens (including phenoxy) is 3. The molecule has 0 aliphatic heterocycles. The van der Waals surface area contributed by atoms with Crippen LogP contribution in [0, 0.1) is 10.1 Å². The number of benzene rings is 2. The topological polar surface area (TPSA) is 111 Å². The quantitative estimate of drug-likeness (QED) is 0.0911. The minimum atomic E-state index is -0.475. The van der Waals surface area contributed by atoms with E-state index in [-0.39, 0.29) is 24.0 Å². The Morgan fingerprint density at radius 2 is 1.76 bits per heavy atom. The zero-order chi connectivity index (χ0) is 30.3. The molecular formula is C31H37N3O7S. The lowest BCUT2D eigenvalue weighted by Gasteiger charge is -2.27. The Balaban J connectivity index is 1.74. The first kappa shape index (κ1) is 32.3. The van der Waals surface area contributed by atoms with Crippen LogP contribution < -0.4 is 9.47 Å². The van der Waals surface area contributed by atoms with Gasteiger partial charge >= 0.3 is 0 Å². The molecule has 1 aromatic heterocycles. The molecule has 0 aliphatic carbocycles. The standard InChI is InChI=1S/C31H37N3O7S/c1-4-41-19-6-17-32(30(35)15-11-24-8-12-26(13-9-24)34(37)38)23-31(36)33(22-27-7-5-20-42-27)18-16-25-10-14-28(39-2)29(21-25)40-3/h5,7-15,20-21H,4,6,16-19,22-23H2,1-3H3. The highest BCUT2D eigenvalue weighted by Gasteiger charge is 2.21. The molecule has 0 saturated carbocycles. The molecule has 0 bridgehead atoms. The number of nitrogens with zero attached hydrogens (tertiary/aromatic N) is 3. The van der Waals surface area contributed by atoms with Crippen molar-refractivity contribution in [3.8, 4) is 11.5 Å². The van der Waals surface area contributed by atoms with Gasteiger partial charge in [-0.1, -0.05) is 12.1 Å². The fourth-order valence-electron chi connectivity index (χ4n) is 4.20. The predicted molar refractivity (Wildman–Crippen MR) is 163 cm³/mol. The summed E-state index contributed by atoms with van der Waals surface area (Å²) in [5, 5.41) is 12.9. The molecule has 0 fully saturated rings. The van der Waals surface area contributed by atoms with Gasteiger partial charge in [0.15, 0.2) is 11.5 Å². The number of hydrogen-bond donors (Lipinski definition) is 0. The van der Waals surface area contributed by atoms with E-state index in [1.54, 1.807) is 48.7 Å². The van der Waals surface area contributed by atoms with Crippen molar-refractivity contribution >= 4 is 34.9 Å². The number of rotatable bonds is 17. The van der Waals surface area contributed by atoms with Crippen molar-refractivity contribution in [3.05, 3.63) is 92.2 Å². The molecule has 2 amide bonds.